The van der Waals surface area contributed by atoms with Crippen molar-refractivity contribution in [1.82, 2.24) is 24.3 Å². The van der Waals surface area contributed by atoms with Gasteiger partial charge in [0.2, 0.25) is 15.9 Å². The first-order chi connectivity index (χ1) is 15.3. The number of amides is 1. The Kier molecular flexibility index (Phi) is 6.31. The molecule has 1 atom stereocenters. The van der Waals surface area contributed by atoms with Crippen molar-refractivity contribution in [3.63, 3.8) is 0 Å². The molecule has 32 heavy (non-hydrogen) atoms. The summed E-state index contributed by atoms with van der Waals surface area (Å²) in [6, 6.07) is 7.79. The van der Waals surface area contributed by atoms with E-state index in [4.69, 9.17) is 16.0 Å². The lowest BCUT2D eigenvalue weighted by Gasteiger charge is -2.30. The Balaban J connectivity index is 1.44. The number of halogens is 1. The number of hydrogen-bond donors (Lipinski definition) is 1. The molecule has 0 bridgehead atoms. The van der Waals surface area contributed by atoms with Crippen LogP contribution in [0.5, 0.6) is 0 Å². The molecule has 170 valence electrons. The van der Waals surface area contributed by atoms with Gasteiger partial charge in [-0.2, -0.15) is 9.40 Å². The van der Waals surface area contributed by atoms with Crippen LogP contribution in [-0.2, 0) is 14.8 Å². The summed E-state index contributed by atoms with van der Waals surface area (Å²) in [6.45, 7) is 4.36. The molecule has 1 fully saturated rings. The van der Waals surface area contributed by atoms with Crippen LogP contribution in [0.3, 0.4) is 0 Å². The fourth-order valence-electron chi connectivity index (χ4n) is 3.61. The van der Waals surface area contributed by atoms with Crippen molar-refractivity contribution >= 4 is 33.5 Å². The molecule has 10 nitrogen and oxygen atoms in total. The van der Waals surface area contributed by atoms with Crippen LogP contribution in [0.25, 0.3) is 11.6 Å². The average Bonchev–Trinajstić information content (AvgIpc) is 3.43. The second-order valence-electron chi connectivity index (χ2n) is 7.81. The number of piperidine rings is 1. The van der Waals surface area contributed by atoms with Crippen LogP contribution >= 0.6 is 11.6 Å². The molecule has 1 aliphatic heterocycles. The van der Waals surface area contributed by atoms with Gasteiger partial charge in [-0.3, -0.25) is 14.8 Å². The Bertz CT molecular complexity index is 1200. The molecular weight excluding hydrogens is 456 g/mol. The third-order valence-electron chi connectivity index (χ3n) is 5.24. The molecular formula is C20H23ClN6O4S. The number of hydrogen-bond acceptors (Lipinski definition) is 7. The summed E-state index contributed by atoms with van der Waals surface area (Å²) in [4.78, 5) is 12.9. The lowest BCUT2D eigenvalue weighted by molar-refractivity contribution is -0.121. The number of rotatable bonds is 6. The van der Waals surface area contributed by atoms with E-state index in [1.807, 2.05) is 13.8 Å². The molecule has 1 unspecified atom stereocenters. The van der Waals surface area contributed by atoms with Gasteiger partial charge in [0.1, 0.15) is 5.69 Å². The Hall–Kier alpha value is -2.76. The fourth-order valence-corrected chi connectivity index (χ4v) is 5.26. The van der Waals surface area contributed by atoms with Crippen molar-refractivity contribution in [2.24, 2.45) is 5.92 Å². The van der Waals surface area contributed by atoms with Crippen LogP contribution in [0.4, 0.5) is 6.01 Å². The Labute approximate surface area is 190 Å². The molecule has 1 amide bonds. The van der Waals surface area contributed by atoms with E-state index in [1.54, 1.807) is 16.9 Å². The summed E-state index contributed by atoms with van der Waals surface area (Å²) in [5, 5.41) is 15.2. The summed E-state index contributed by atoms with van der Waals surface area (Å²) in [6.07, 6.45) is 2.75. The minimum atomic E-state index is -3.72. The van der Waals surface area contributed by atoms with Crippen molar-refractivity contribution in [1.29, 1.82) is 0 Å². The van der Waals surface area contributed by atoms with Gasteiger partial charge in [-0.05, 0) is 57.0 Å². The third-order valence-corrected chi connectivity index (χ3v) is 7.37. The fraction of sp³-hybridized carbons (Fsp3) is 0.400. The zero-order chi connectivity index (χ0) is 22.9. The van der Waals surface area contributed by atoms with E-state index >= 15 is 0 Å². The van der Waals surface area contributed by atoms with Crippen LogP contribution < -0.4 is 5.32 Å². The highest BCUT2D eigenvalue weighted by molar-refractivity contribution is 7.89. The molecule has 12 heteroatoms. The molecule has 0 radical (unpaired) electrons. The van der Waals surface area contributed by atoms with E-state index in [0.717, 1.165) is 0 Å². The normalized spacial score (nSPS) is 17.6. The zero-order valence-corrected chi connectivity index (χ0v) is 19.2. The van der Waals surface area contributed by atoms with Gasteiger partial charge in [0.15, 0.2) is 0 Å². The minimum absolute atomic E-state index is 0.0424. The van der Waals surface area contributed by atoms with Gasteiger partial charge in [0.25, 0.3) is 5.89 Å². The Morgan fingerprint density at radius 2 is 1.97 bits per heavy atom. The SMILES string of the molecule is CC(C)n1nccc1-c1nnc(NC(=O)C2CCCN(S(=O)(=O)c3ccc(Cl)cc3)C2)o1. The van der Waals surface area contributed by atoms with E-state index in [0.29, 0.717) is 30.1 Å². The maximum Gasteiger partial charge on any atom is 0.322 e. The third kappa shape index (κ3) is 4.54. The van der Waals surface area contributed by atoms with Gasteiger partial charge in [-0.15, -0.1) is 5.10 Å². The lowest BCUT2D eigenvalue weighted by Crippen LogP contribution is -2.43. The molecule has 4 rings (SSSR count). The minimum Gasteiger partial charge on any atom is -0.401 e. The quantitative estimate of drug-likeness (QED) is 0.576. The van der Waals surface area contributed by atoms with E-state index in [9.17, 15) is 13.2 Å². The summed E-state index contributed by atoms with van der Waals surface area (Å²) >= 11 is 5.86. The highest BCUT2D eigenvalue weighted by atomic mass is 35.5. The number of sulfonamides is 1. The molecule has 3 aromatic rings. The first-order valence-corrected chi connectivity index (χ1v) is 12.0. The monoisotopic (exact) mass is 478 g/mol. The van der Waals surface area contributed by atoms with Gasteiger partial charge < -0.3 is 4.42 Å². The number of carbonyl (C=O) groups is 1. The molecule has 0 spiro atoms. The smallest absolute Gasteiger partial charge is 0.322 e. The number of aromatic nitrogens is 4. The molecule has 0 aliphatic carbocycles. The molecule has 1 saturated heterocycles. The van der Waals surface area contributed by atoms with E-state index < -0.39 is 15.9 Å². The summed E-state index contributed by atoms with van der Waals surface area (Å²) in [5.74, 6) is -0.668. The summed E-state index contributed by atoms with van der Waals surface area (Å²) < 4.78 is 34.6. The predicted octanol–water partition coefficient (Wildman–Crippen LogP) is 3.21. The van der Waals surface area contributed by atoms with E-state index in [-0.39, 0.29) is 35.3 Å². The van der Waals surface area contributed by atoms with Crippen LogP contribution in [-0.4, -0.2) is 51.7 Å². The first-order valence-electron chi connectivity index (χ1n) is 10.2. The van der Waals surface area contributed by atoms with E-state index in [1.165, 1.54) is 28.6 Å². The first kappa shape index (κ1) is 22.4. The van der Waals surface area contributed by atoms with Crippen molar-refractivity contribution < 1.29 is 17.6 Å². The maximum absolute atomic E-state index is 12.9. The average molecular weight is 479 g/mol. The number of benzene rings is 1. The number of nitrogens with zero attached hydrogens (tertiary/aromatic N) is 5. The highest BCUT2D eigenvalue weighted by Crippen LogP contribution is 2.26. The largest absolute Gasteiger partial charge is 0.401 e. The number of anilines is 1. The molecule has 1 aliphatic rings. The molecule has 1 N–H and O–H groups in total. The van der Waals surface area contributed by atoms with Crippen LogP contribution in [0, 0.1) is 5.92 Å². The standard InChI is InChI=1S/C20H23ClN6O4S/c1-13(2)27-17(9-10-22-27)19-24-25-20(31-19)23-18(28)14-4-3-11-26(12-14)32(29,30)16-7-5-15(21)6-8-16/h5-10,13-14H,3-4,11-12H2,1-2H3,(H,23,25,28). The van der Waals surface area contributed by atoms with Gasteiger partial charge in [-0.1, -0.05) is 16.7 Å². The second kappa shape index (κ2) is 9.00. The second-order valence-corrected chi connectivity index (χ2v) is 10.2. The van der Waals surface area contributed by atoms with Gasteiger partial charge >= 0.3 is 6.01 Å². The predicted molar refractivity (Wildman–Crippen MR) is 117 cm³/mol. The lowest BCUT2D eigenvalue weighted by atomic mass is 9.99. The number of carbonyl (C=O) groups excluding carboxylic acids is 1. The molecule has 1 aromatic carbocycles. The van der Waals surface area contributed by atoms with Crippen molar-refractivity contribution in [3.8, 4) is 11.6 Å². The van der Waals surface area contributed by atoms with Crippen molar-refractivity contribution in [2.75, 3.05) is 18.4 Å². The molecule has 0 saturated carbocycles. The Morgan fingerprint density at radius 3 is 2.69 bits per heavy atom. The van der Waals surface area contributed by atoms with Crippen molar-refractivity contribution in [3.05, 3.63) is 41.6 Å². The number of nitrogens with one attached hydrogen (secondary N) is 1. The van der Waals surface area contributed by atoms with Crippen molar-refractivity contribution in [2.45, 2.75) is 37.6 Å². The van der Waals surface area contributed by atoms with E-state index in [2.05, 4.69) is 20.6 Å². The van der Waals surface area contributed by atoms with Crippen LogP contribution in [0.1, 0.15) is 32.7 Å². The van der Waals surface area contributed by atoms with Crippen LogP contribution in [0.15, 0.2) is 45.8 Å². The molecule has 2 aromatic heterocycles. The van der Waals surface area contributed by atoms with Gasteiger partial charge in [0.05, 0.1) is 10.8 Å². The highest BCUT2D eigenvalue weighted by Gasteiger charge is 2.34. The van der Waals surface area contributed by atoms with Gasteiger partial charge in [-0.25, -0.2) is 8.42 Å². The zero-order valence-electron chi connectivity index (χ0n) is 17.6. The molecule has 3 heterocycles. The topological polar surface area (TPSA) is 123 Å². The summed E-state index contributed by atoms with van der Waals surface area (Å²) in [7, 11) is -3.72. The Morgan fingerprint density at radius 1 is 1.22 bits per heavy atom. The van der Waals surface area contributed by atoms with Gasteiger partial charge in [0, 0.05) is 30.4 Å². The maximum atomic E-state index is 12.9. The summed E-state index contributed by atoms with van der Waals surface area (Å²) in [5.41, 5.74) is 0.644. The van der Waals surface area contributed by atoms with Crippen LogP contribution in [0.2, 0.25) is 5.02 Å².